The van der Waals surface area contributed by atoms with Crippen LogP contribution in [0.5, 0.6) is 0 Å². The molecule has 0 unspecified atom stereocenters. The molecule has 2 fully saturated rings. The molecule has 2 N–H and O–H groups in total. The number of nitrogen functional groups attached to an aromatic ring is 1. The molecule has 0 bridgehead atoms. The molecule has 1 heterocycles. The third-order valence-electron chi connectivity index (χ3n) is 4.12. The van der Waals surface area contributed by atoms with Crippen LogP contribution in [0.15, 0.2) is 18.2 Å². The molecule has 20 heavy (non-hydrogen) atoms. The van der Waals surface area contributed by atoms with Crippen LogP contribution in [-0.4, -0.2) is 48.4 Å². The molecule has 1 aromatic rings. The van der Waals surface area contributed by atoms with Crippen molar-refractivity contribution in [2.24, 2.45) is 5.92 Å². The van der Waals surface area contributed by atoms with E-state index in [9.17, 15) is 9.18 Å². The van der Waals surface area contributed by atoms with Crippen molar-refractivity contribution in [1.82, 2.24) is 9.80 Å². The number of nitrogens with two attached hydrogens (primary N) is 1. The normalized spacial score (nSPS) is 20.1. The van der Waals surface area contributed by atoms with Crippen molar-refractivity contribution in [2.75, 3.05) is 38.5 Å². The number of anilines is 1. The Morgan fingerprint density at radius 1 is 1.25 bits per heavy atom. The molecule has 5 heteroatoms. The summed E-state index contributed by atoms with van der Waals surface area (Å²) in [6, 6.07) is 3.97. The van der Waals surface area contributed by atoms with Gasteiger partial charge in [-0.15, -0.1) is 0 Å². The Balaban J connectivity index is 1.60. The van der Waals surface area contributed by atoms with Crippen LogP contribution in [0.3, 0.4) is 0 Å². The van der Waals surface area contributed by atoms with E-state index in [0.717, 1.165) is 32.1 Å². The van der Waals surface area contributed by atoms with Gasteiger partial charge in [-0.3, -0.25) is 9.69 Å². The third-order valence-corrected chi connectivity index (χ3v) is 4.12. The predicted octanol–water partition coefficient (Wildman–Crippen LogP) is 1.58. The van der Waals surface area contributed by atoms with Gasteiger partial charge in [-0.25, -0.2) is 4.39 Å². The van der Waals surface area contributed by atoms with Crippen molar-refractivity contribution in [3.8, 4) is 0 Å². The van der Waals surface area contributed by atoms with Gasteiger partial charge in [-0.1, -0.05) is 0 Å². The highest BCUT2D eigenvalue weighted by atomic mass is 19.1. The minimum absolute atomic E-state index is 0.0893. The second kappa shape index (κ2) is 5.40. The van der Waals surface area contributed by atoms with Gasteiger partial charge in [0, 0.05) is 38.4 Å². The number of nitrogens with zero attached hydrogens (tertiary/aromatic N) is 2. The summed E-state index contributed by atoms with van der Waals surface area (Å²) in [6.45, 7) is 4.46. The Morgan fingerprint density at radius 2 is 1.95 bits per heavy atom. The number of carbonyl (C=O) groups is 1. The van der Waals surface area contributed by atoms with Gasteiger partial charge < -0.3 is 10.6 Å². The molecular formula is C15H20FN3O. The van der Waals surface area contributed by atoms with Crippen LogP contribution in [-0.2, 0) is 0 Å². The lowest BCUT2D eigenvalue weighted by Gasteiger charge is -2.35. The number of halogens is 1. The Bertz CT molecular complexity index is 508. The lowest BCUT2D eigenvalue weighted by atomic mass is 10.1. The molecule has 3 rings (SSSR count). The van der Waals surface area contributed by atoms with Crippen LogP contribution in [0.2, 0.25) is 0 Å². The Kier molecular flexibility index (Phi) is 3.61. The zero-order valence-electron chi connectivity index (χ0n) is 11.5. The SMILES string of the molecule is Nc1cc(F)ccc1C(=O)N1CCN(CC2CC2)CC1. The summed E-state index contributed by atoms with van der Waals surface area (Å²) >= 11 is 0. The number of amides is 1. The van der Waals surface area contributed by atoms with E-state index in [1.165, 1.54) is 37.6 Å². The van der Waals surface area contributed by atoms with Crippen LogP contribution in [0.4, 0.5) is 10.1 Å². The average molecular weight is 277 g/mol. The van der Waals surface area contributed by atoms with E-state index < -0.39 is 5.82 Å². The molecule has 2 aliphatic rings. The number of hydrogen-bond donors (Lipinski definition) is 1. The lowest BCUT2D eigenvalue weighted by molar-refractivity contribution is 0.0633. The first-order valence-electron chi connectivity index (χ1n) is 7.20. The molecule has 1 aliphatic heterocycles. The Hall–Kier alpha value is -1.62. The topological polar surface area (TPSA) is 49.6 Å². The first-order chi connectivity index (χ1) is 9.63. The van der Waals surface area contributed by atoms with Crippen molar-refractivity contribution < 1.29 is 9.18 Å². The predicted molar refractivity (Wildman–Crippen MR) is 75.9 cm³/mol. The third kappa shape index (κ3) is 2.93. The standard InChI is InChI=1S/C15H20FN3O/c16-12-3-4-13(14(17)9-12)15(20)19-7-5-18(6-8-19)10-11-1-2-11/h3-4,9,11H,1-2,5-8,10,17H2. The van der Waals surface area contributed by atoms with Gasteiger partial charge in [0.1, 0.15) is 5.82 Å². The van der Waals surface area contributed by atoms with Crippen molar-refractivity contribution in [3.63, 3.8) is 0 Å². The number of rotatable bonds is 3. The van der Waals surface area contributed by atoms with Gasteiger partial charge >= 0.3 is 0 Å². The Labute approximate surface area is 118 Å². The highest BCUT2D eigenvalue weighted by Gasteiger charge is 2.28. The number of carbonyl (C=O) groups excluding carboxylic acids is 1. The van der Waals surface area contributed by atoms with Crippen LogP contribution in [0, 0.1) is 11.7 Å². The van der Waals surface area contributed by atoms with E-state index in [0.29, 0.717) is 5.56 Å². The van der Waals surface area contributed by atoms with Crippen molar-refractivity contribution in [2.45, 2.75) is 12.8 Å². The molecule has 1 saturated carbocycles. The summed E-state index contributed by atoms with van der Waals surface area (Å²) in [5.41, 5.74) is 6.36. The van der Waals surface area contributed by atoms with E-state index in [-0.39, 0.29) is 11.6 Å². The van der Waals surface area contributed by atoms with Crippen LogP contribution in [0.1, 0.15) is 23.2 Å². The average Bonchev–Trinajstić information content (AvgIpc) is 3.23. The molecule has 1 saturated heterocycles. The lowest BCUT2D eigenvalue weighted by Crippen LogP contribution is -2.49. The molecule has 1 amide bonds. The molecule has 1 aromatic carbocycles. The number of benzene rings is 1. The molecule has 4 nitrogen and oxygen atoms in total. The van der Waals surface area contributed by atoms with E-state index in [2.05, 4.69) is 4.90 Å². The summed E-state index contributed by atoms with van der Waals surface area (Å²) in [5, 5.41) is 0. The van der Waals surface area contributed by atoms with Crippen LogP contribution < -0.4 is 5.73 Å². The Morgan fingerprint density at radius 3 is 2.55 bits per heavy atom. The molecular weight excluding hydrogens is 257 g/mol. The van der Waals surface area contributed by atoms with E-state index in [1.807, 2.05) is 4.90 Å². The van der Waals surface area contributed by atoms with Crippen LogP contribution in [0.25, 0.3) is 0 Å². The van der Waals surface area contributed by atoms with E-state index >= 15 is 0 Å². The van der Waals surface area contributed by atoms with Gasteiger partial charge in [0.25, 0.3) is 5.91 Å². The monoisotopic (exact) mass is 277 g/mol. The molecule has 108 valence electrons. The van der Waals surface area contributed by atoms with Gasteiger partial charge in [0.2, 0.25) is 0 Å². The molecule has 1 aliphatic carbocycles. The van der Waals surface area contributed by atoms with Crippen molar-refractivity contribution in [1.29, 1.82) is 0 Å². The fourth-order valence-electron chi connectivity index (χ4n) is 2.70. The zero-order chi connectivity index (χ0) is 14.1. The summed E-state index contributed by atoms with van der Waals surface area (Å²) in [5.74, 6) is 0.381. The minimum Gasteiger partial charge on any atom is -0.398 e. The number of hydrogen-bond acceptors (Lipinski definition) is 3. The first-order valence-corrected chi connectivity index (χ1v) is 7.20. The quantitative estimate of drug-likeness (QED) is 0.853. The molecule has 0 radical (unpaired) electrons. The second-order valence-electron chi connectivity index (χ2n) is 5.77. The highest BCUT2D eigenvalue weighted by Crippen LogP contribution is 2.30. The summed E-state index contributed by atoms with van der Waals surface area (Å²) < 4.78 is 13.0. The fourth-order valence-corrected chi connectivity index (χ4v) is 2.70. The maximum atomic E-state index is 13.0. The van der Waals surface area contributed by atoms with Gasteiger partial charge in [0.15, 0.2) is 0 Å². The zero-order valence-corrected chi connectivity index (χ0v) is 11.5. The van der Waals surface area contributed by atoms with Gasteiger partial charge in [-0.05, 0) is 37.0 Å². The van der Waals surface area contributed by atoms with Gasteiger partial charge in [0.05, 0.1) is 5.56 Å². The maximum absolute atomic E-state index is 13.0. The van der Waals surface area contributed by atoms with Crippen molar-refractivity contribution in [3.05, 3.63) is 29.6 Å². The van der Waals surface area contributed by atoms with E-state index in [1.54, 1.807) is 0 Å². The van der Waals surface area contributed by atoms with Crippen LogP contribution >= 0.6 is 0 Å². The smallest absolute Gasteiger partial charge is 0.256 e. The highest BCUT2D eigenvalue weighted by molar-refractivity contribution is 5.99. The second-order valence-corrected chi connectivity index (χ2v) is 5.77. The minimum atomic E-state index is -0.409. The van der Waals surface area contributed by atoms with Gasteiger partial charge in [-0.2, -0.15) is 0 Å². The fraction of sp³-hybridized carbons (Fsp3) is 0.533. The molecule has 0 aromatic heterocycles. The molecule has 0 atom stereocenters. The first kappa shape index (κ1) is 13.4. The summed E-state index contributed by atoms with van der Waals surface area (Å²) in [4.78, 5) is 16.6. The maximum Gasteiger partial charge on any atom is 0.256 e. The summed E-state index contributed by atoms with van der Waals surface area (Å²) in [6.07, 6.45) is 2.70. The summed E-state index contributed by atoms with van der Waals surface area (Å²) in [7, 11) is 0. The van der Waals surface area contributed by atoms with Crippen molar-refractivity contribution >= 4 is 11.6 Å². The number of piperazine rings is 1. The molecule has 0 spiro atoms. The van der Waals surface area contributed by atoms with E-state index in [4.69, 9.17) is 5.73 Å². The largest absolute Gasteiger partial charge is 0.398 e.